The second-order valence-corrected chi connectivity index (χ2v) is 9.27. The van der Waals surface area contributed by atoms with E-state index in [0.29, 0.717) is 17.5 Å². The molecule has 1 aliphatic carbocycles. The minimum absolute atomic E-state index is 0.140. The first-order valence-electron chi connectivity index (χ1n) is 11.1. The van der Waals surface area contributed by atoms with E-state index in [1.807, 2.05) is 12.1 Å². The molecule has 2 heterocycles. The average molecular weight is 419 g/mol. The van der Waals surface area contributed by atoms with E-state index in [0.717, 1.165) is 43.5 Å². The highest BCUT2D eigenvalue weighted by atomic mass is 19.1. The summed E-state index contributed by atoms with van der Waals surface area (Å²) in [5.74, 6) is -0.131. The molecule has 160 valence electrons. The molecule has 2 aromatic carbocycles. The van der Waals surface area contributed by atoms with Crippen LogP contribution in [0.15, 0.2) is 36.4 Å². The van der Waals surface area contributed by atoms with Gasteiger partial charge >= 0.3 is 0 Å². The van der Waals surface area contributed by atoms with Crippen LogP contribution >= 0.6 is 0 Å². The lowest BCUT2D eigenvalue weighted by Crippen LogP contribution is -2.50. The predicted octanol–water partition coefficient (Wildman–Crippen LogP) is 3.13. The van der Waals surface area contributed by atoms with Crippen molar-refractivity contribution in [3.8, 4) is 17.2 Å². The molecule has 4 atom stereocenters. The van der Waals surface area contributed by atoms with Crippen LogP contribution in [0.1, 0.15) is 36.0 Å². The van der Waals surface area contributed by atoms with Crippen molar-refractivity contribution in [1.29, 1.82) is 5.26 Å². The Kier molecular flexibility index (Phi) is 5.25. The Hall–Kier alpha value is -2.75. The van der Waals surface area contributed by atoms with E-state index in [4.69, 9.17) is 0 Å². The second kappa shape index (κ2) is 8.07. The van der Waals surface area contributed by atoms with Gasteiger partial charge in [0.25, 0.3) is 0 Å². The Labute approximate surface area is 182 Å². The highest BCUT2D eigenvalue weighted by molar-refractivity contribution is 5.83. The van der Waals surface area contributed by atoms with Gasteiger partial charge in [-0.1, -0.05) is 24.3 Å². The number of piperidine rings is 1. The first-order chi connectivity index (χ1) is 15.0. The maximum absolute atomic E-state index is 14.9. The Balaban J connectivity index is 1.27. The lowest BCUT2D eigenvalue weighted by atomic mass is 9.97. The third-order valence-corrected chi connectivity index (χ3v) is 7.01. The number of carbonyl (C=O) groups excluding carboxylic acids is 1. The quantitative estimate of drug-likeness (QED) is 0.783. The normalized spacial score (nSPS) is 25.3. The molecule has 0 radical (unpaired) electrons. The number of rotatable bonds is 5. The van der Waals surface area contributed by atoms with Crippen molar-refractivity contribution in [3.05, 3.63) is 58.9 Å². The number of amides is 1. The Bertz CT molecular complexity index is 1060. The van der Waals surface area contributed by atoms with Gasteiger partial charge in [0.2, 0.25) is 5.91 Å². The van der Waals surface area contributed by atoms with E-state index in [9.17, 15) is 14.4 Å². The van der Waals surface area contributed by atoms with Crippen LogP contribution in [0, 0.1) is 23.1 Å². The largest absolute Gasteiger partial charge is 0.339 e. The molecule has 0 spiro atoms. The number of hydrogen-bond acceptors (Lipinski definition) is 4. The summed E-state index contributed by atoms with van der Waals surface area (Å²) in [6, 6.07) is 13.0. The van der Waals surface area contributed by atoms with Gasteiger partial charge in [0.15, 0.2) is 0 Å². The smallest absolute Gasteiger partial charge is 0.238 e. The molecule has 1 saturated carbocycles. The zero-order valence-electron chi connectivity index (χ0n) is 17.7. The third-order valence-electron chi connectivity index (χ3n) is 7.01. The third kappa shape index (κ3) is 3.96. The Morgan fingerprint density at radius 1 is 1.23 bits per heavy atom. The standard InChI is InChI=1S/C25H27FN4O/c1-30-13-19-5-3-15(8-20(19)14-30)16-2-4-17(23(26)11-16)9-22(12-27)29-25(31)24-18-6-7-21(10-18)28-24/h2-5,8,11,18,21-22,24,28H,6-7,9-10,13-14H2,1H3,(H,29,31). The first-order valence-corrected chi connectivity index (χ1v) is 11.1. The Morgan fingerprint density at radius 3 is 2.71 bits per heavy atom. The van der Waals surface area contributed by atoms with Crippen LogP contribution in [-0.2, 0) is 24.3 Å². The van der Waals surface area contributed by atoms with E-state index in [1.165, 1.54) is 17.2 Å². The van der Waals surface area contributed by atoms with Gasteiger partial charge in [-0.3, -0.25) is 9.69 Å². The van der Waals surface area contributed by atoms with Crippen molar-refractivity contribution in [2.45, 2.75) is 56.9 Å². The highest BCUT2D eigenvalue weighted by Crippen LogP contribution is 2.35. The fourth-order valence-electron chi connectivity index (χ4n) is 5.40. The summed E-state index contributed by atoms with van der Waals surface area (Å²) in [5.41, 5.74) is 4.86. The zero-order chi connectivity index (χ0) is 21.5. The molecule has 2 N–H and O–H groups in total. The van der Waals surface area contributed by atoms with Crippen molar-refractivity contribution in [2.75, 3.05) is 7.05 Å². The van der Waals surface area contributed by atoms with Gasteiger partial charge in [0.05, 0.1) is 12.1 Å². The summed E-state index contributed by atoms with van der Waals surface area (Å²) in [5, 5.41) is 15.7. The van der Waals surface area contributed by atoms with Crippen molar-refractivity contribution in [1.82, 2.24) is 15.5 Å². The molecule has 1 saturated heterocycles. The molecule has 1 amide bonds. The van der Waals surface area contributed by atoms with Crippen molar-refractivity contribution >= 4 is 5.91 Å². The number of hydrogen-bond donors (Lipinski definition) is 2. The van der Waals surface area contributed by atoms with Gasteiger partial charge in [-0.15, -0.1) is 0 Å². The van der Waals surface area contributed by atoms with Gasteiger partial charge in [-0.25, -0.2) is 4.39 Å². The van der Waals surface area contributed by atoms with Crippen LogP contribution in [0.25, 0.3) is 11.1 Å². The molecule has 5 nitrogen and oxygen atoms in total. The van der Waals surface area contributed by atoms with Crippen molar-refractivity contribution in [3.63, 3.8) is 0 Å². The molecule has 3 aliphatic rings. The minimum atomic E-state index is -0.746. The van der Waals surface area contributed by atoms with E-state index in [1.54, 1.807) is 6.07 Å². The number of halogens is 1. The highest BCUT2D eigenvalue weighted by Gasteiger charge is 2.43. The summed E-state index contributed by atoms with van der Waals surface area (Å²) in [7, 11) is 2.09. The number of fused-ring (bicyclic) bond motifs is 3. The first kappa shape index (κ1) is 20.2. The van der Waals surface area contributed by atoms with E-state index in [-0.39, 0.29) is 24.2 Å². The lowest BCUT2D eigenvalue weighted by molar-refractivity contribution is -0.124. The van der Waals surface area contributed by atoms with Crippen LogP contribution in [-0.4, -0.2) is 36.0 Å². The van der Waals surface area contributed by atoms with Gasteiger partial charge in [0.1, 0.15) is 11.9 Å². The van der Waals surface area contributed by atoms with Gasteiger partial charge in [-0.2, -0.15) is 5.26 Å². The van der Waals surface area contributed by atoms with Crippen LogP contribution < -0.4 is 10.6 Å². The van der Waals surface area contributed by atoms with E-state index in [2.05, 4.69) is 40.8 Å². The number of benzene rings is 2. The predicted molar refractivity (Wildman–Crippen MR) is 116 cm³/mol. The molecule has 4 unspecified atom stereocenters. The maximum atomic E-state index is 14.9. The number of carbonyl (C=O) groups is 1. The molecule has 2 bridgehead atoms. The molecule has 2 aliphatic heterocycles. The summed E-state index contributed by atoms with van der Waals surface area (Å²) in [6.45, 7) is 1.85. The van der Waals surface area contributed by atoms with Crippen LogP contribution in [0.3, 0.4) is 0 Å². The van der Waals surface area contributed by atoms with Crippen molar-refractivity contribution < 1.29 is 9.18 Å². The fourth-order valence-corrected chi connectivity index (χ4v) is 5.40. The van der Waals surface area contributed by atoms with Crippen LogP contribution in [0.5, 0.6) is 0 Å². The summed E-state index contributed by atoms with van der Waals surface area (Å²) in [4.78, 5) is 14.9. The van der Waals surface area contributed by atoms with E-state index < -0.39 is 6.04 Å². The lowest BCUT2D eigenvalue weighted by Gasteiger charge is -2.23. The van der Waals surface area contributed by atoms with Gasteiger partial charge in [-0.05, 0) is 72.2 Å². The molecular formula is C25H27FN4O. The summed E-state index contributed by atoms with van der Waals surface area (Å²) in [6.07, 6.45) is 3.37. The molecule has 2 aromatic rings. The molecule has 2 fully saturated rings. The Morgan fingerprint density at radius 2 is 2.00 bits per heavy atom. The maximum Gasteiger partial charge on any atom is 0.238 e. The van der Waals surface area contributed by atoms with Gasteiger partial charge in [0, 0.05) is 25.6 Å². The second-order valence-electron chi connectivity index (χ2n) is 9.27. The summed E-state index contributed by atoms with van der Waals surface area (Å²) >= 11 is 0. The molecule has 0 aromatic heterocycles. The number of nitrogens with zero attached hydrogens (tertiary/aromatic N) is 2. The van der Waals surface area contributed by atoms with Gasteiger partial charge < -0.3 is 10.6 Å². The van der Waals surface area contributed by atoms with Crippen LogP contribution in [0.4, 0.5) is 4.39 Å². The van der Waals surface area contributed by atoms with Crippen molar-refractivity contribution in [2.24, 2.45) is 5.92 Å². The zero-order valence-corrected chi connectivity index (χ0v) is 17.7. The van der Waals surface area contributed by atoms with Crippen LogP contribution in [0.2, 0.25) is 0 Å². The molecular weight excluding hydrogens is 391 g/mol. The monoisotopic (exact) mass is 418 g/mol. The number of nitrogens with one attached hydrogen (secondary N) is 2. The molecule has 6 heteroatoms. The minimum Gasteiger partial charge on any atom is -0.339 e. The molecule has 31 heavy (non-hydrogen) atoms. The molecule has 5 rings (SSSR count). The van der Waals surface area contributed by atoms with E-state index >= 15 is 0 Å². The fraction of sp³-hybridized carbons (Fsp3) is 0.440. The average Bonchev–Trinajstić information content (AvgIpc) is 3.48. The topological polar surface area (TPSA) is 68.2 Å². The summed E-state index contributed by atoms with van der Waals surface area (Å²) < 4.78 is 14.9. The number of nitriles is 1. The SMILES string of the molecule is CN1Cc2ccc(-c3ccc(CC(C#N)NC(=O)C4NC5CCC4C5)c(F)c3)cc2C1.